The van der Waals surface area contributed by atoms with Crippen LogP contribution in [0.1, 0.15) is 6.92 Å². The lowest BCUT2D eigenvalue weighted by Gasteiger charge is -2.34. The molecular weight excluding hydrogens is 301 g/mol. The van der Waals surface area contributed by atoms with E-state index in [-0.39, 0.29) is 24.5 Å². The summed E-state index contributed by atoms with van der Waals surface area (Å²) in [5.41, 5.74) is 0.0109. The Hall–Kier alpha value is -1.74. The molecule has 9 heteroatoms. The number of hydrogen-bond acceptors (Lipinski definition) is 5. The molecule has 1 heterocycles. The van der Waals surface area contributed by atoms with Crippen molar-refractivity contribution in [2.24, 2.45) is 0 Å². The van der Waals surface area contributed by atoms with Crippen LogP contribution in [0.5, 0.6) is 0 Å². The van der Waals surface area contributed by atoms with Crippen LogP contribution in [0.3, 0.4) is 0 Å². The first-order valence-electron chi connectivity index (χ1n) is 6.52. The fraction of sp³-hybridized carbons (Fsp3) is 0.500. The molecule has 21 heavy (non-hydrogen) atoms. The Bertz CT molecular complexity index is 642. The van der Waals surface area contributed by atoms with Crippen LogP contribution in [-0.2, 0) is 10.0 Å². The largest absolute Gasteiger partial charge is 0.363 e. The van der Waals surface area contributed by atoms with Crippen LogP contribution in [0, 0.1) is 15.9 Å². The summed E-state index contributed by atoms with van der Waals surface area (Å²) in [4.78, 5) is 12.1. The summed E-state index contributed by atoms with van der Waals surface area (Å²) in [6.45, 7) is 2.79. The molecule has 1 saturated heterocycles. The van der Waals surface area contributed by atoms with Gasteiger partial charge in [0.1, 0.15) is 11.5 Å². The van der Waals surface area contributed by atoms with E-state index in [0.717, 1.165) is 12.1 Å². The molecule has 0 amide bonds. The van der Waals surface area contributed by atoms with Crippen molar-refractivity contribution in [3.8, 4) is 0 Å². The maximum absolute atomic E-state index is 13.1. The third-order valence-corrected chi connectivity index (χ3v) is 5.35. The molecule has 0 atom stereocenters. The van der Waals surface area contributed by atoms with Crippen LogP contribution in [0.2, 0.25) is 0 Å². The summed E-state index contributed by atoms with van der Waals surface area (Å²) in [6, 6.07) is 3.40. The molecule has 0 aromatic heterocycles. The quantitative estimate of drug-likeness (QED) is 0.615. The molecule has 0 N–H and O–H groups in total. The molecule has 1 aliphatic rings. The standard InChI is InChI=1S/C12H16FN3O4S/c1-2-21(19,20)15-7-5-14(6-8-15)11-4-3-10(13)9-12(11)16(17)18/h3-4,9H,2,5-8H2,1H3. The lowest BCUT2D eigenvalue weighted by atomic mass is 10.2. The Balaban J connectivity index is 2.18. The SMILES string of the molecule is CCS(=O)(=O)N1CCN(c2ccc(F)cc2[N+](=O)[O-])CC1. The zero-order valence-corrected chi connectivity index (χ0v) is 12.3. The summed E-state index contributed by atoms with van der Waals surface area (Å²) in [7, 11) is -3.25. The maximum atomic E-state index is 13.1. The van der Waals surface area contributed by atoms with E-state index in [9.17, 15) is 22.9 Å². The van der Waals surface area contributed by atoms with E-state index in [1.165, 1.54) is 10.4 Å². The van der Waals surface area contributed by atoms with Crippen molar-refractivity contribution in [3.63, 3.8) is 0 Å². The fourth-order valence-electron chi connectivity index (χ4n) is 2.30. The monoisotopic (exact) mass is 317 g/mol. The lowest BCUT2D eigenvalue weighted by Crippen LogP contribution is -2.49. The predicted molar refractivity (Wildman–Crippen MR) is 76.3 cm³/mol. The summed E-state index contributed by atoms with van der Waals surface area (Å²) < 4.78 is 38.0. The predicted octanol–water partition coefficient (Wildman–Crippen LogP) is 1.21. The van der Waals surface area contributed by atoms with E-state index < -0.39 is 20.8 Å². The second-order valence-corrected chi connectivity index (χ2v) is 6.93. The molecule has 0 spiro atoms. The minimum absolute atomic E-state index is 0.0314. The zero-order chi connectivity index (χ0) is 15.6. The van der Waals surface area contributed by atoms with Gasteiger partial charge in [0.2, 0.25) is 10.0 Å². The smallest absolute Gasteiger partial charge is 0.295 e. The Morgan fingerprint density at radius 3 is 2.43 bits per heavy atom. The van der Waals surface area contributed by atoms with Crippen LogP contribution >= 0.6 is 0 Å². The highest BCUT2D eigenvalue weighted by Crippen LogP contribution is 2.29. The van der Waals surface area contributed by atoms with E-state index >= 15 is 0 Å². The molecule has 1 fully saturated rings. The first-order chi connectivity index (χ1) is 9.85. The number of nitrogens with zero attached hydrogens (tertiary/aromatic N) is 3. The lowest BCUT2D eigenvalue weighted by molar-refractivity contribution is -0.384. The number of benzene rings is 1. The molecule has 2 rings (SSSR count). The van der Waals surface area contributed by atoms with Gasteiger partial charge < -0.3 is 4.90 Å². The van der Waals surface area contributed by atoms with Gasteiger partial charge in [-0.25, -0.2) is 12.8 Å². The fourth-order valence-corrected chi connectivity index (χ4v) is 3.38. The van der Waals surface area contributed by atoms with Crippen LogP contribution in [0.15, 0.2) is 18.2 Å². The van der Waals surface area contributed by atoms with Crippen LogP contribution in [0.4, 0.5) is 15.8 Å². The topological polar surface area (TPSA) is 83.8 Å². The molecule has 0 unspecified atom stereocenters. The molecule has 116 valence electrons. The van der Waals surface area contributed by atoms with Gasteiger partial charge in [0.05, 0.1) is 16.7 Å². The molecule has 0 radical (unpaired) electrons. The molecule has 7 nitrogen and oxygen atoms in total. The average Bonchev–Trinajstić information content (AvgIpc) is 2.47. The molecular formula is C12H16FN3O4S. The van der Waals surface area contributed by atoms with Crippen LogP contribution in [0.25, 0.3) is 0 Å². The van der Waals surface area contributed by atoms with Crippen molar-refractivity contribution < 1.29 is 17.7 Å². The first kappa shape index (κ1) is 15.6. The minimum Gasteiger partial charge on any atom is -0.363 e. The second kappa shape index (κ2) is 5.94. The number of nitro benzene ring substituents is 1. The van der Waals surface area contributed by atoms with Gasteiger partial charge in [-0.15, -0.1) is 0 Å². The number of hydrogen-bond donors (Lipinski definition) is 0. The van der Waals surface area contributed by atoms with Crippen LogP contribution in [-0.4, -0.2) is 49.6 Å². The minimum atomic E-state index is -3.25. The van der Waals surface area contributed by atoms with E-state index in [2.05, 4.69) is 0 Å². The Labute approximate surface area is 122 Å². The molecule has 1 aromatic rings. The van der Waals surface area contributed by atoms with E-state index in [1.807, 2.05) is 0 Å². The van der Waals surface area contributed by atoms with E-state index in [4.69, 9.17) is 0 Å². The first-order valence-corrected chi connectivity index (χ1v) is 8.13. The van der Waals surface area contributed by atoms with Crippen molar-refractivity contribution >= 4 is 21.4 Å². The van der Waals surface area contributed by atoms with Crippen molar-refractivity contribution in [2.45, 2.75) is 6.92 Å². The number of rotatable bonds is 4. The van der Waals surface area contributed by atoms with Crippen molar-refractivity contribution in [2.75, 3.05) is 36.8 Å². The Morgan fingerprint density at radius 1 is 1.29 bits per heavy atom. The average molecular weight is 317 g/mol. The number of sulfonamides is 1. The number of nitro groups is 1. The third-order valence-electron chi connectivity index (χ3n) is 3.47. The molecule has 0 aliphatic carbocycles. The van der Waals surface area contributed by atoms with E-state index in [1.54, 1.807) is 11.8 Å². The zero-order valence-electron chi connectivity index (χ0n) is 11.5. The number of halogens is 1. The number of piperazine rings is 1. The van der Waals surface area contributed by atoms with Gasteiger partial charge in [-0.1, -0.05) is 0 Å². The Morgan fingerprint density at radius 2 is 1.90 bits per heavy atom. The third kappa shape index (κ3) is 3.30. The van der Waals surface area contributed by atoms with Gasteiger partial charge in [-0.05, 0) is 19.1 Å². The summed E-state index contributed by atoms with van der Waals surface area (Å²) >= 11 is 0. The van der Waals surface area contributed by atoms with Crippen molar-refractivity contribution in [1.29, 1.82) is 0 Å². The highest BCUT2D eigenvalue weighted by molar-refractivity contribution is 7.89. The van der Waals surface area contributed by atoms with Crippen LogP contribution < -0.4 is 4.90 Å². The van der Waals surface area contributed by atoms with E-state index in [0.29, 0.717) is 18.8 Å². The molecule has 1 aromatic carbocycles. The molecule has 0 bridgehead atoms. The summed E-state index contributed by atoms with van der Waals surface area (Å²) in [6.07, 6.45) is 0. The summed E-state index contributed by atoms with van der Waals surface area (Å²) in [5, 5.41) is 11.0. The van der Waals surface area contributed by atoms with Gasteiger partial charge in [-0.2, -0.15) is 4.31 Å². The molecule has 1 aliphatic heterocycles. The van der Waals surface area contributed by atoms with Gasteiger partial charge in [0.15, 0.2) is 0 Å². The van der Waals surface area contributed by atoms with Crippen molar-refractivity contribution in [1.82, 2.24) is 4.31 Å². The maximum Gasteiger partial charge on any atom is 0.295 e. The molecule has 0 saturated carbocycles. The van der Waals surface area contributed by atoms with Gasteiger partial charge >= 0.3 is 0 Å². The Kier molecular flexibility index (Phi) is 4.43. The van der Waals surface area contributed by atoms with Crippen molar-refractivity contribution in [3.05, 3.63) is 34.1 Å². The number of anilines is 1. The normalized spacial score (nSPS) is 17.0. The van der Waals surface area contributed by atoms with Gasteiger partial charge in [0.25, 0.3) is 5.69 Å². The van der Waals surface area contributed by atoms with Gasteiger partial charge in [-0.3, -0.25) is 10.1 Å². The summed E-state index contributed by atoms with van der Waals surface area (Å²) in [5.74, 6) is -0.637. The highest BCUT2D eigenvalue weighted by Gasteiger charge is 2.28. The second-order valence-electron chi connectivity index (χ2n) is 4.68. The van der Waals surface area contributed by atoms with Gasteiger partial charge in [0, 0.05) is 26.2 Å². The highest BCUT2D eigenvalue weighted by atomic mass is 32.2.